The van der Waals surface area contributed by atoms with Gasteiger partial charge in [0, 0.05) is 56.0 Å². The molecule has 0 spiro atoms. The number of alkyl halides is 2. The normalized spacial score (nSPS) is 18.8. The number of halogens is 2. The molecule has 0 N–H and O–H groups in total. The van der Waals surface area contributed by atoms with E-state index >= 15 is 0 Å². The maximum atomic E-state index is 13.9. The second-order valence-electron chi connectivity index (χ2n) is 8.50. The lowest BCUT2D eigenvalue weighted by atomic mass is 9.93. The van der Waals surface area contributed by atoms with E-state index in [0.29, 0.717) is 19.0 Å². The molecule has 5 nitrogen and oxygen atoms in total. The summed E-state index contributed by atoms with van der Waals surface area (Å²) in [6, 6.07) is 3.73. The molecule has 3 aliphatic rings. The lowest BCUT2D eigenvalue weighted by Crippen LogP contribution is -2.35. The van der Waals surface area contributed by atoms with Gasteiger partial charge in [-0.2, -0.15) is 5.10 Å². The minimum Gasteiger partial charge on any atom is -0.338 e. The molecule has 5 rings (SSSR count). The van der Waals surface area contributed by atoms with Gasteiger partial charge < -0.3 is 9.80 Å². The molecule has 3 heterocycles. The van der Waals surface area contributed by atoms with Crippen LogP contribution in [0, 0.1) is 0 Å². The SMILES string of the molecule is CC(=O)N1CCc2c(c(N3CCCc4cc(C5CC5)c(C(F)F)cc43)nn2C)C1. The fourth-order valence-electron chi connectivity index (χ4n) is 4.88. The average molecular weight is 400 g/mol. The van der Waals surface area contributed by atoms with Gasteiger partial charge in [0.05, 0.1) is 6.54 Å². The predicted molar refractivity (Wildman–Crippen MR) is 107 cm³/mol. The Hall–Kier alpha value is -2.44. The Balaban J connectivity index is 1.60. The highest BCUT2D eigenvalue weighted by Crippen LogP contribution is 2.47. The number of hydrogen-bond acceptors (Lipinski definition) is 3. The summed E-state index contributed by atoms with van der Waals surface area (Å²) < 4.78 is 29.6. The number of carbonyl (C=O) groups is 1. The zero-order valence-electron chi connectivity index (χ0n) is 16.9. The number of aryl methyl sites for hydroxylation is 2. The summed E-state index contributed by atoms with van der Waals surface area (Å²) in [6.45, 7) is 3.56. The summed E-state index contributed by atoms with van der Waals surface area (Å²) in [4.78, 5) is 15.9. The molecule has 1 aliphatic carbocycles. The molecule has 1 amide bonds. The second-order valence-corrected chi connectivity index (χ2v) is 8.50. The molecule has 0 radical (unpaired) electrons. The first kappa shape index (κ1) is 18.6. The lowest BCUT2D eigenvalue weighted by molar-refractivity contribution is -0.129. The Bertz CT molecular complexity index is 980. The Kier molecular flexibility index (Phi) is 4.37. The maximum absolute atomic E-state index is 13.9. The molecule has 154 valence electrons. The number of benzene rings is 1. The third kappa shape index (κ3) is 3.11. The van der Waals surface area contributed by atoms with Gasteiger partial charge in [-0.25, -0.2) is 8.78 Å². The summed E-state index contributed by atoms with van der Waals surface area (Å²) in [7, 11) is 1.93. The quantitative estimate of drug-likeness (QED) is 0.775. The van der Waals surface area contributed by atoms with E-state index in [1.54, 1.807) is 13.0 Å². The van der Waals surface area contributed by atoms with Crippen molar-refractivity contribution in [2.45, 2.75) is 57.9 Å². The highest BCUT2D eigenvalue weighted by Gasteiger charge is 2.34. The highest BCUT2D eigenvalue weighted by molar-refractivity contribution is 5.75. The Morgan fingerprint density at radius 2 is 2.00 bits per heavy atom. The van der Waals surface area contributed by atoms with E-state index in [2.05, 4.69) is 4.90 Å². The third-order valence-corrected chi connectivity index (χ3v) is 6.58. The van der Waals surface area contributed by atoms with Crippen LogP contribution in [0.2, 0.25) is 0 Å². The van der Waals surface area contributed by atoms with Crippen LogP contribution in [-0.2, 0) is 31.2 Å². The average Bonchev–Trinajstić information content (AvgIpc) is 3.50. The maximum Gasteiger partial charge on any atom is 0.264 e. The Morgan fingerprint density at radius 3 is 2.69 bits per heavy atom. The fourth-order valence-corrected chi connectivity index (χ4v) is 4.88. The standard InChI is InChI=1S/C22H26F2N4O/c1-13(29)27-9-7-19-18(12-27)22(25-26(19)2)28-8-3-4-15-10-16(14-5-6-14)17(21(23)24)11-20(15)28/h10-11,14,21H,3-9,12H2,1-2H3. The van der Waals surface area contributed by atoms with Crippen LogP contribution in [0.3, 0.4) is 0 Å². The van der Waals surface area contributed by atoms with E-state index in [1.807, 2.05) is 22.7 Å². The first-order valence-corrected chi connectivity index (χ1v) is 10.5. The van der Waals surface area contributed by atoms with Crippen molar-refractivity contribution in [3.63, 3.8) is 0 Å². The predicted octanol–water partition coefficient (Wildman–Crippen LogP) is 4.22. The van der Waals surface area contributed by atoms with Crippen molar-refractivity contribution < 1.29 is 13.6 Å². The number of anilines is 2. The molecule has 0 unspecified atom stereocenters. The molecule has 0 atom stereocenters. The van der Waals surface area contributed by atoms with Gasteiger partial charge in [0.2, 0.25) is 5.91 Å². The number of aromatic nitrogens is 2. The van der Waals surface area contributed by atoms with Crippen LogP contribution in [0.4, 0.5) is 20.3 Å². The van der Waals surface area contributed by atoms with E-state index in [1.165, 1.54) is 0 Å². The number of fused-ring (bicyclic) bond motifs is 2. The van der Waals surface area contributed by atoms with Crippen LogP contribution in [0.5, 0.6) is 0 Å². The Morgan fingerprint density at radius 1 is 1.21 bits per heavy atom. The smallest absolute Gasteiger partial charge is 0.264 e. The third-order valence-electron chi connectivity index (χ3n) is 6.58. The topological polar surface area (TPSA) is 41.4 Å². The molecule has 0 bridgehead atoms. The van der Waals surface area contributed by atoms with Gasteiger partial charge in [0.1, 0.15) is 0 Å². The summed E-state index contributed by atoms with van der Waals surface area (Å²) in [5.74, 6) is 1.17. The van der Waals surface area contributed by atoms with Gasteiger partial charge in [-0.15, -0.1) is 0 Å². The van der Waals surface area contributed by atoms with Crippen molar-refractivity contribution >= 4 is 17.4 Å². The molecule has 1 aromatic carbocycles. The van der Waals surface area contributed by atoms with Crippen LogP contribution in [0.15, 0.2) is 12.1 Å². The van der Waals surface area contributed by atoms with Crippen LogP contribution in [-0.4, -0.2) is 33.7 Å². The minimum atomic E-state index is -2.47. The molecule has 1 saturated carbocycles. The van der Waals surface area contributed by atoms with Crippen LogP contribution < -0.4 is 4.90 Å². The number of carbonyl (C=O) groups excluding carboxylic acids is 1. The molecule has 1 aromatic heterocycles. The largest absolute Gasteiger partial charge is 0.338 e. The van der Waals surface area contributed by atoms with Crippen molar-refractivity contribution in [1.29, 1.82) is 0 Å². The molecular formula is C22H26F2N4O. The first-order valence-electron chi connectivity index (χ1n) is 10.5. The number of nitrogens with zero attached hydrogens (tertiary/aromatic N) is 4. The second kappa shape index (κ2) is 6.82. The molecule has 0 saturated heterocycles. The molecule has 7 heteroatoms. The minimum absolute atomic E-state index is 0.0542. The fraction of sp³-hybridized carbons (Fsp3) is 0.545. The van der Waals surface area contributed by atoms with Gasteiger partial charge >= 0.3 is 0 Å². The van der Waals surface area contributed by atoms with Gasteiger partial charge in [-0.3, -0.25) is 9.48 Å². The molecule has 29 heavy (non-hydrogen) atoms. The number of amides is 1. The number of hydrogen-bond donors (Lipinski definition) is 0. The van der Waals surface area contributed by atoms with E-state index in [9.17, 15) is 13.6 Å². The van der Waals surface area contributed by atoms with E-state index in [0.717, 1.165) is 72.5 Å². The van der Waals surface area contributed by atoms with Gasteiger partial charge in [-0.1, -0.05) is 6.07 Å². The molecule has 2 aliphatic heterocycles. The van der Waals surface area contributed by atoms with Crippen molar-refractivity contribution in [1.82, 2.24) is 14.7 Å². The summed E-state index contributed by atoms with van der Waals surface area (Å²) in [5, 5.41) is 4.77. The van der Waals surface area contributed by atoms with Crippen LogP contribution >= 0.6 is 0 Å². The highest BCUT2D eigenvalue weighted by atomic mass is 19.3. The lowest BCUT2D eigenvalue weighted by Gasteiger charge is -2.33. The van der Waals surface area contributed by atoms with Crippen molar-refractivity contribution in [3.05, 3.63) is 40.1 Å². The van der Waals surface area contributed by atoms with E-state index in [4.69, 9.17) is 5.10 Å². The number of rotatable bonds is 3. The van der Waals surface area contributed by atoms with Crippen LogP contribution in [0.25, 0.3) is 0 Å². The first-order chi connectivity index (χ1) is 13.9. The summed E-state index contributed by atoms with van der Waals surface area (Å²) in [5.41, 5.74) is 5.19. The monoisotopic (exact) mass is 400 g/mol. The van der Waals surface area contributed by atoms with E-state index in [-0.39, 0.29) is 11.5 Å². The van der Waals surface area contributed by atoms with Crippen molar-refractivity contribution in [2.75, 3.05) is 18.0 Å². The molecule has 2 aromatic rings. The van der Waals surface area contributed by atoms with Crippen molar-refractivity contribution in [2.24, 2.45) is 7.05 Å². The van der Waals surface area contributed by atoms with Gasteiger partial charge in [-0.05, 0) is 48.8 Å². The molecule has 1 fully saturated rings. The molecular weight excluding hydrogens is 374 g/mol. The van der Waals surface area contributed by atoms with Gasteiger partial charge in [0.25, 0.3) is 6.43 Å². The zero-order valence-corrected chi connectivity index (χ0v) is 16.9. The summed E-state index contributed by atoms with van der Waals surface area (Å²) in [6.07, 6.45) is 2.19. The van der Waals surface area contributed by atoms with Crippen molar-refractivity contribution in [3.8, 4) is 0 Å². The van der Waals surface area contributed by atoms with Gasteiger partial charge in [0.15, 0.2) is 5.82 Å². The van der Waals surface area contributed by atoms with Crippen LogP contribution in [0.1, 0.15) is 66.5 Å². The zero-order chi connectivity index (χ0) is 20.3. The summed E-state index contributed by atoms with van der Waals surface area (Å²) >= 11 is 0. The Labute approximate surface area is 169 Å². The van der Waals surface area contributed by atoms with E-state index < -0.39 is 6.43 Å².